The van der Waals surface area contributed by atoms with Gasteiger partial charge in [-0.1, -0.05) is 39.7 Å². The Morgan fingerprint density at radius 1 is 1.28 bits per heavy atom. The monoisotopic (exact) mass is 329 g/mol. The van der Waals surface area contributed by atoms with Gasteiger partial charge in [0.15, 0.2) is 5.82 Å². The summed E-state index contributed by atoms with van der Waals surface area (Å²) in [6.07, 6.45) is 0. The third kappa shape index (κ3) is 2.94. The topological polar surface area (TPSA) is 35.2 Å². The maximum absolute atomic E-state index is 13.6. The Morgan fingerprint density at radius 2 is 2.06 bits per heavy atom. The van der Waals surface area contributed by atoms with E-state index in [0.717, 1.165) is 4.47 Å². The van der Waals surface area contributed by atoms with Gasteiger partial charge in [-0.25, -0.2) is 4.39 Å². The van der Waals surface area contributed by atoms with Crippen molar-refractivity contribution in [2.75, 3.05) is 5.73 Å². The molecule has 2 aromatic rings. The molecule has 2 nitrogen and oxygen atoms in total. The summed E-state index contributed by atoms with van der Waals surface area (Å²) in [6, 6.07) is 10.0. The Labute approximate surface area is 118 Å². The normalized spacial score (nSPS) is 10.4. The zero-order chi connectivity index (χ0) is 13.1. The molecule has 0 radical (unpaired) electrons. The van der Waals surface area contributed by atoms with Crippen LogP contribution < -0.4 is 10.5 Å². The van der Waals surface area contributed by atoms with E-state index in [0.29, 0.717) is 16.3 Å². The minimum Gasteiger partial charge on any atom is -0.487 e. The van der Waals surface area contributed by atoms with Crippen molar-refractivity contribution in [1.82, 2.24) is 0 Å². The first kappa shape index (κ1) is 13.2. The average Bonchev–Trinajstić information content (AvgIpc) is 2.33. The maximum Gasteiger partial charge on any atom is 0.152 e. The Hall–Kier alpha value is -1.26. The number of nitrogen functional groups attached to an aromatic ring is 1. The molecule has 0 aromatic heterocycles. The number of benzene rings is 2. The van der Waals surface area contributed by atoms with Crippen LogP contribution in [0.2, 0.25) is 5.02 Å². The molecule has 5 heteroatoms. The van der Waals surface area contributed by atoms with Crippen LogP contribution in [0.15, 0.2) is 40.9 Å². The Balaban J connectivity index is 2.14. The lowest BCUT2D eigenvalue weighted by molar-refractivity contribution is 0.300. The highest BCUT2D eigenvalue weighted by molar-refractivity contribution is 9.10. The van der Waals surface area contributed by atoms with Crippen LogP contribution in [0.1, 0.15) is 5.56 Å². The van der Waals surface area contributed by atoms with E-state index in [1.165, 1.54) is 6.07 Å². The molecule has 0 aliphatic heterocycles. The van der Waals surface area contributed by atoms with E-state index >= 15 is 0 Å². The molecule has 0 heterocycles. The predicted octanol–water partition coefficient (Wildman–Crippen LogP) is 4.40. The zero-order valence-corrected chi connectivity index (χ0v) is 11.6. The van der Waals surface area contributed by atoms with Crippen LogP contribution >= 0.6 is 27.5 Å². The molecule has 18 heavy (non-hydrogen) atoms. The molecule has 0 aliphatic carbocycles. The second-order valence-corrected chi connectivity index (χ2v) is 5.01. The third-order valence-electron chi connectivity index (χ3n) is 2.39. The van der Waals surface area contributed by atoms with Gasteiger partial charge in [0.1, 0.15) is 12.4 Å². The lowest BCUT2D eigenvalue weighted by Crippen LogP contribution is -2.01. The molecule has 94 valence electrons. The summed E-state index contributed by atoms with van der Waals surface area (Å²) in [4.78, 5) is 0. The van der Waals surface area contributed by atoms with Gasteiger partial charge in [0.25, 0.3) is 0 Å². The van der Waals surface area contributed by atoms with E-state index in [2.05, 4.69) is 15.9 Å². The summed E-state index contributed by atoms with van der Waals surface area (Å²) in [6.45, 7) is 0.0816. The number of ether oxygens (including phenoxy) is 1. The van der Waals surface area contributed by atoms with E-state index in [-0.39, 0.29) is 12.3 Å². The first-order valence-corrected chi connectivity index (χ1v) is 6.35. The molecule has 0 fully saturated rings. The van der Waals surface area contributed by atoms with Gasteiger partial charge < -0.3 is 10.5 Å². The number of halogens is 3. The fourth-order valence-electron chi connectivity index (χ4n) is 1.46. The van der Waals surface area contributed by atoms with E-state index in [4.69, 9.17) is 22.1 Å². The molecule has 2 aromatic carbocycles. The lowest BCUT2D eigenvalue weighted by Gasteiger charge is -2.09. The van der Waals surface area contributed by atoms with Crippen molar-refractivity contribution < 1.29 is 9.13 Å². The number of anilines is 1. The maximum atomic E-state index is 13.6. The van der Waals surface area contributed by atoms with Crippen LogP contribution in [0.4, 0.5) is 10.1 Å². The van der Waals surface area contributed by atoms with Crippen molar-refractivity contribution in [3.63, 3.8) is 0 Å². The zero-order valence-electron chi connectivity index (χ0n) is 9.29. The van der Waals surface area contributed by atoms with Gasteiger partial charge in [-0.3, -0.25) is 0 Å². The Morgan fingerprint density at radius 3 is 2.78 bits per heavy atom. The minimum absolute atomic E-state index is 0.0816. The number of nitrogens with two attached hydrogens (primary N) is 1. The molecule has 0 saturated carbocycles. The van der Waals surface area contributed by atoms with E-state index in [9.17, 15) is 4.39 Å². The molecule has 0 amide bonds. The van der Waals surface area contributed by atoms with Crippen molar-refractivity contribution in [3.8, 4) is 5.75 Å². The van der Waals surface area contributed by atoms with Crippen molar-refractivity contribution in [2.24, 2.45) is 0 Å². The summed E-state index contributed by atoms with van der Waals surface area (Å²) in [5.74, 6) is 0.0485. The van der Waals surface area contributed by atoms with Crippen LogP contribution in [0.5, 0.6) is 5.75 Å². The number of hydrogen-bond acceptors (Lipinski definition) is 2. The van der Waals surface area contributed by atoms with Crippen LogP contribution in [-0.4, -0.2) is 0 Å². The average molecular weight is 331 g/mol. The third-order valence-corrected chi connectivity index (χ3v) is 3.17. The fourth-order valence-corrected chi connectivity index (χ4v) is 2.19. The highest BCUT2D eigenvalue weighted by Gasteiger charge is 2.07. The van der Waals surface area contributed by atoms with Gasteiger partial charge in [0.05, 0.1) is 10.7 Å². The van der Waals surface area contributed by atoms with Crippen molar-refractivity contribution in [1.29, 1.82) is 0 Å². The van der Waals surface area contributed by atoms with Crippen molar-refractivity contribution in [2.45, 2.75) is 6.61 Å². The summed E-state index contributed by atoms with van der Waals surface area (Å²) in [7, 11) is 0. The van der Waals surface area contributed by atoms with Crippen LogP contribution in [0.3, 0.4) is 0 Å². The van der Waals surface area contributed by atoms with Crippen LogP contribution in [-0.2, 0) is 6.61 Å². The van der Waals surface area contributed by atoms with Gasteiger partial charge in [0, 0.05) is 10.0 Å². The van der Waals surface area contributed by atoms with Gasteiger partial charge in [-0.2, -0.15) is 0 Å². The van der Waals surface area contributed by atoms with Crippen molar-refractivity contribution in [3.05, 3.63) is 57.3 Å². The SMILES string of the molecule is Nc1cccc(COc2ccc(Br)cc2Cl)c1F. The molecule has 0 bridgehead atoms. The van der Waals surface area contributed by atoms with Crippen LogP contribution in [0, 0.1) is 5.82 Å². The first-order valence-electron chi connectivity index (χ1n) is 5.18. The Kier molecular flexibility index (Phi) is 4.09. The second-order valence-electron chi connectivity index (χ2n) is 3.68. The van der Waals surface area contributed by atoms with E-state index in [1.54, 1.807) is 30.3 Å². The van der Waals surface area contributed by atoms with Gasteiger partial charge in [-0.05, 0) is 24.3 Å². The van der Waals surface area contributed by atoms with Gasteiger partial charge >= 0.3 is 0 Å². The summed E-state index contributed by atoms with van der Waals surface area (Å²) in [5, 5.41) is 0.466. The molecule has 2 rings (SSSR count). The van der Waals surface area contributed by atoms with Gasteiger partial charge in [-0.15, -0.1) is 0 Å². The summed E-state index contributed by atoms with van der Waals surface area (Å²) in [5.41, 5.74) is 5.98. The summed E-state index contributed by atoms with van der Waals surface area (Å²) >= 11 is 9.29. The molecule has 0 spiro atoms. The highest BCUT2D eigenvalue weighted by atomic mass is 79.9. The fraction of sp³-hybridized carbons (Fsp3) is 0.0769. The molecule has 0 saturated heterocycles. The molecular weight excluding hydrogens is 321 g/mol. The summed E-state index contributed by atoms with van der Waals surface area (Å²) < 4.78 is 19.9. The largest absolute Gasteiger partial charge is 0.487 e. The molecule has 0 aliphatic rings. The molecular formula is C13H10BrClFNO. The second kappa shape index (κ2) is 5.59. The quantitative estimate of drug-likeness (QED) is 0.846. The lowest BCUT2D eigenvalue weighted by atomic mass is 10.2. The first-order chi connectivity index (χ1) is 8.58. The minimum atomic E-state index is -0.453. The van der Waals surface area contributed by atoms with Crippen molar-refractivity contribution >= 4 is 33.2 Å². The molecule has 0 atom stereocenters. The van der Waals surface area contributed by atoms with Crippen LogP contribution in [0.25, 0.3) is 0 Å². The standard InChI is InChI=1S/C13H10BrClFNO/c14-9-4-5-12(10(15)6-9)18-7-8-2-1-3-11(17)13(8)16/h1-6H,7,17H2. The number of hydrogen-bond donors (Lipinski definition) is 1. The highest BCUT2D eigenvalue weighted by Crippen LogP contribution is 2.28. The van der Waals surface area contributed by atoms with E-state index in [1.807, 2.05) is 0 Å². The van der Waals surface area contributed by atoms with Gasteiger partial charge in [0.2, 0.25) is 0 Å². The Bertz CT molecular complexity index is 577. The smallest absolute Gasteiger partial charge is 0.152 e. The molecule has 0 unspecified atom stereocenters. The predicted molar refractivity (Wildman–Crippen MR) is 74.3 cm³/mol. The number of rotatable bonds is 3. The molecule has 2 N–H and O–H groups in total. The van der Waals surface area contributed by atoms with E-state index < -0.39 is 5.82 Å².